The fourth-order valence-corrected chi connectivity index (χ4v) is 2.70. The third-order valence-corrected chi connectivity index (χ3v) is 4.34. The van der Waals surface area contributed by atoms with Crippen LogP contribution in [0.2, 0.25) is 0 Å². The number of nitrogens with zero attached hydrogens (tertiary/aromatic N) is 3. The number of aromatic nitrogens is 4. The zero-order valence-corrected chi connectivity index (χ0v) is 15.2. The minimum absolute atomic E-state index is 0.00747. The smallest absolute Gasteiger partial charge is 0.306 e. The van der Waals surface area contributed by atoms with E-state index in [2.05, 4.69) is 19.9 Å². The van der Waals surface area contributed by atoms with Crippen LogP contribution in [0.25, 0.3) is 11.2 Å². The van der Waals surface area contributed by atoms with E-state index in [1.54, 1.807) is 18.3 Å². The number of hydrogen-bond acceptors (Lipinski definition) is 7. The molecule has 0 saturated heterocycles. The summed E-state index contributed by atoms with van der Waals surface area (Å²) in [5.74, 6) is -1.91. The summed E-state index contributed by atoms with van der Waals surface area (Å²) in [4.78, 5) is 49.6. The Bertz CT molecular complexity index is 1090. The molecule has 1 aromatic carbocycles. The van der Waals surface area contributed by atoms with E-state index in [9.17, 15) is 14.4 Å². The van der Waals surface area contributed by atoms with Gasteiger partial charge in [-0.15, -0.1) is 0 Å². The first-order valence-electron chi connectivity index (χ1n) is 8.70. The van der Waals surface area contributed by atoms with Crippen molar-refractivity contribution in [3.8, 4) is 0 Å². The van der Waals surface area contributed by atoms with Crippen LogP contribution in [0.5, 0.6) is 0 Å². The molecular formula is C19H19N5O4. The summed E-state index contributed by atoms with van der Waals surface area (Å²) in [6.07, 6.45) is 2.71. The quantitative estimate of drug-likeness (QED) is 0.519. The van der Waals surface area contributed by atoms with E-state index < -0.39 is 17.4 Å². The Morgan fingerprint density at radius 1 is 1.18 bits per heavy atom. The van der Waals surface area contributed by atoms with Gasteiger partial charge in [-0.1, -0.05) is 31.2 Å². The zero-order valence-electron chi connectivity index (χ0n) is 15.2. The van der Waals surface area contributed by atoms with Gasteiger partial charge in [-0.2, -0.15) is 4.98 Å². The summed E-state index contributed by atoms with van der Waals surface area (Å²) in [5.41, 5.74) is 7.49. The van der Waals surface area contributed by atoms with E-state index in [0.29, 0.717) is 24.1 Å². The Balaban J connectivity index is 1.66. The maximum absolute atomic E-state index is 12.1. The minimum atomic E-state index is -0.988. The number of H-pyrrole nitrogens is 1. The number of aryl methyl sites for hydroxylation is 2. The molecular weight excluding hydrogens is 362 g/mol. The molecule has 9 nitrogen and oxygen atoms in total. The van der Waals surface area contributed by atoms with Crippen LogP contribution in [0.1, 0.15) is 35.0 Å². The predicted molar refractivity (Wildman–Crippen MR) is 102 cm³/mol. The highest BCUT2D eigenvalue weighted by molar-refractivity contribution is 5.97. The summed E-state index contributed by atoms with van der Waals surface area (Å²) in [6.45, 7) is 1.51. The van der Waals surface area contributed by atoms with E-state index >= 15 is 0 Å². The number of aromatic amines is 1. The summed E-state index contributed by atoms with van der Waals surface area (Å²) >= 11 is 0. The Labute approximate surface area is 159 Å². The maximum Gasteiger partial charge on any atom is 0.306 e. The number of benzene rings is 1. The number of rotatable bonds is 7. The second-order valence-electron chi connectivity index (χ2n) is 6.55. The first-order chi connectivity index (χ1) is 13.3. The van der Waals surface area contributed by atoms with Gasteiger partial charge in [0.05, 0.1) is 17.8 Å². The number of Topliss-reactive ketones (excluding diaryl/α,β-unsaturated/α-hetero) is 1. The van der Waals surface area contributed by atoms with Gasteiger partial charge in [-0.05, 0) is 18.4 Å². The number of aliphatic carboxylic acids is 1. The van der Waals surface area contributed by atoms with Crippen LogP contribution in [-0.2, 0) is 17.6 Å². The summed E-state index contributed by atoms with van der Waals surface area (Å²) in [6, 6.07) is 7.02. The third-order valence-electron chi connectivity index (χ3n) is 4.34. The molecule has 0 spiro atoms. The van der Waals surface area contributed by atoms with Crippen LogP contribution >= 0.6 is 0 Å². The van der Waals surface area contributed by atoms with Gasteiger partial charge in [0.1, 0.15) is 0 Å². The van der Waals surface area contributed by atoms with E-state index in [4.69, 9.17) is 10.8 Å². The highest BCUT2D eigenvalue weighted by atomic mass is 16.4. The standard InChI is InChI=1S/C19H19N5O4/c1-10(18(27)28)8-14(25)12-5-2-11(3-6-12)4-7-13-9-21-16-15(22-13)17(26)24-19(20)23-16/h2-3,5-6,9-10H,4,7-8H2,1H3,(H,27,28)(H3,20,21,23,24,26)/t10-/m1/s1. The van der Waals surface area contributed by atoms with Crippen molar-refractivity contribution in [2.45, 2.75) is 26.2 Å². The van der Waals surface area contributed by atoms with Crippen molar-refractivity contribution in [3.63, 3.8) is 0 Å². The van der Waals surface area contributed by atoms with Crippen molar-refractivity contribution in [1.29, 1.82) is 0 Å². The first-order valence-corrected chi connectivity index (χ1v) is 8.70. The lowest BCUT2D eigenvalue weighted by atomic mass is 9.98. The van der Waals surface area contributed by atoms with Crippen LogP contribution in [0.4, 0.5) is 5.95 Å². The number of nitrogens with one attached hydrogen (secondary N) is 1. The second kappa shape index (κ2) is 7.95. The number of ketones is 1. The van der Waals surface area contributed by atoms with E-state index in [-0.39, 0.29) is 29.3 Å². The number of anilines is 1. The molecule has 0 radical (unpaired) electrons. The van der Waals surface area contributed by atoms with Crippen molar-refractivity contribution in [3.05, 3.63) is 57.6 Å². The third kappa shape index (κ3) is 4.37. The molecule has 3 aromatic rings. The van der Waals surface area contributed by atoms with Crippen LogP contribution in [0.3, 0.4) is 0 Å². The maximum atomic E-state index is 12.1. The molecule has 0 fully saturated rings. The normalized spacial score (nSPS) is 12.0. The van der Waals surface area contributed by atoms with Gasteiger partial charge in [0.15, 0.2) is 16.9 Å². The van der Waals surface area contributed by atoms with E-state index in [0.717, 1.165) is 5.56 Å². The number of carbonyl (C=O) groups excluding carboxylic acids is 1. The summed E-state index contributed by atoms with van der Waals surface area (Å²) in [5, 5.41) is 8.90. The van der Waals surface area contributed by atoms with Crippen molar-refractivity contribution < 1.29 is 14.7 Å². The number of carboxylic acids is 1. The molecule has 144 valence electrons. The Morgan fingerprint density at radius 3 is 2.57 bits per heavy atom. The Morgan fingerprint density at radius 2 is 1.89 bits per heavy atom. The second-order valence-corrected chi connectivity index (χ2v) is 6.55. The molecule has 0 bridgehead atoms. The predicted octanol–water partition coefficient (Wildman–Crippen LogP) is 1.37. The molecule has 0 unspecified atom stereocenters. The zero-order chi connectivity index (χ0) is 20.3. The van der Waals surface area contributed by atoms with Gasteiger partial charge in [0, 0.05) is 12.0 Å². The molecule has 0 amide bonds. The van der Waals surface area contributed by atoms with Crippen molar-refractivity contribution in [2.75, 3.05) is 5.73 Å². The molecule has 1 atom stereocenters. The number of hydrogen-bond donors (Lipinski definition) is 3. The monoisotopic (exact) mass is 381 g/mol. The summed E-state index contributed by atoms with van der Waals surface area (Å²) in [7, 11) is 0. The molecule has 28 heavy (non-hydrogen) atoms. The Kier molecular flexibility index (Phi) is 5.44. The van der Waals surface area contributed by atoms with Crippen LogP contribution < -0.4 is 11.3 Å². The molecule has 0 aliphatic heterocycles. The largest absolute Gasteiger partial charge is 0.481 e. The molecule has 0 aliphatic carbocycles. The molecule has 2 heterocycles. The Hall–Kier alpha value is -3.62. The first kappa shape index (κ1) is 19.2. The number of nitrogen functional groups attached to an aromatic ring is 1. The van der Waals surface area contributed by atoms with Gasteiger partial charge in [0.2, 0.25) is 5.95 Å². The molecule has 0 aliphatic rings. The lowest BCUT2D eigenvalue weighted by Gasteiger charge is -2.07. The average Bonchev–Trinajstić information content (AvgIpc) is 2.66. The highest BCUT2D eigenvalue weighted by Gasteiger charge is 2.17. The van der Waals surface area contributed by atoms with Gasteiger partial charge in [-0.25, -0.2) is 9.97 Å². The number of nitrogens with two attached hydrogens (primary N) is 1. The molecule has 4 N–H and O–H groups in total. The van der Waals surface area contributed by atoms with Crippen LogP contribution in [0, 0.1) is 5.92 Å². The molecule has 9 heteroatoms. The number of carbonyl (C=O) groups is 2. The van der Waals surface area contributed by atoms with Crippen molar-refractivity contribution in [2.24, 2.45) is 5.92 Å². The minimum Gasteiger partial charge on any atom is -0.481 e. The lowest BCUT2D eigenvalue weighted by molar-refractivity contribution is -0.141. The van der Waals surface area contributed by atoms with Gasteiger partial charge >= 0.3 is 5.97 Å². The molecule has 0 saturated carbocycles. The number of carboxylic acid groups (broad SMARTS) is 1. The van der Waals surface area contributed by atoms with E-state index in [1.807, 2.05) is 12.1 Å². The topological polar surface area (TPSA) is 152 Å². The van der Waals surface area contributed by atoms with Crippen LogP contribution in [-0.4, -0.2) is 36.8 Å². The fraction of sp³-hybridized carbons (Fsp3) is 0.263. The highest BCUT2D eigenvalue weighted by Crippen LogP contribution is 2.13. The average molecular weight is 381 g/mol. The van der Waals surface area contributed by atoms with Gasteiger partial charge < -0.3 is 10.8 Å². The van der Waals surface area contributed by atoms with Crippen molar-refractivity contribution in [1.82, 2.24) is 19.9 Å². The lowest BCUT2D eigenvalue weighted by Crippen LogP contribution is -2.14. The molecule has 3 rings (SSSR count). The molecule has 2 aromatic heterocycles. The van der Waals surface area contributed by atoms with Crippen LogP contribution in [0.15, 0.2) is 35.3 Å². The van der Waals surface area contributed by atoms with E-state index in [1.165, 1.54) is 6.92 Å². The van der Waals surface area contributed by atoms with Crippen molar-refractivity contribution >= 4 is 28.9 Å². The fourth-order valence-electron chi connectivity index (χ4n) is 2.70. The summed E-state index contributed by atoms with van der Waals surface area (Å²) < 4.78 is 0. The number of fused-ring (bicyclic) bond motifs is 1. The SMILES string of the molecule is C[C@H](CC(=O)c1ccc(CCc2cnc3nc(N)[nH]c(=O)c3n2)cc1)C(=O)O. The van der Waals surface area contributed by atoms with Gasteiger partial charge in [-0.3, -0.25) is 19.4 Å². The van der Waals surface area contributed by atoms with Gasteiger partial charge in [0.25, 0.3) is 5.56 Å².